The summed E-state index contributed by atoms with van der Waals surface area (Å²) in [5, 5.41) is 3.31. The fourth-order valence-electron chi connectivity index (χ4n) is 2.34. The number of rotatable bonds is 4. The number of furan rings is 1. The van der Waals surface area contributed by atoms with Crippen molar-refractivity contribution in [3.05, 3.63) is 23.7 Å². The molecule has 1 saturated heterocycles. The van der Waals surface area contributed by atoms with Gasteiger partial charge in [0.25, 0.3) is 0 Å². The number of ether oxygens (including phenoxy) is 1. The molecule has 2 rings (SSSR count). The summed E-state index contributed by atoms with van der Waals surface area (Å²) in [6.07, 6.45) is 3.87. The van der Waals surface area contributed by atoms with Crippen molar-refractivity contribution < 1.29 is 13.9 Å². The van der Waals surface area contributed by atoms with Crippen molar-refractivity contribution in [2.75, 3.05) is 27.2 Å². The first kappa shape index (κ1) is 13.1. The average molecular weight is 252 g/mol. The minimum Gasteiger partial charge on any atom is -0.467 e. The van der Waals surface area contributed by atoms with Gasteiger partial charge in [0.05, 0.1) is 19.2 Å². The van der Waals surface area contributed by atoms with Gasteiger partial charge in [-0.05, 0) is 32.5 Å². The molecule has 0 bridgehead atoms. The Morgan fingerprint density at radius 1 is 1.67 bits per heavy atom. The molecule has 0 spiro atoms. The van der Waals surface area contributed by atoms with Crippen LogP contribution in [-0.4, -0.2) is 44.2 Å². The summed E-state index contributed by atoms with van der Waals surface area (Å²) in [5.74, 6) is 0.462. The molecule has 1 atom stereocenters. The van der Waals surface area contributed by atoms with Crippen LogP contribution in [0, 0.1) is 0 Å². The Labute approximate surface area is 107 Å². The van der Waals surface area contributed by atoms with E-state index in [2.05, 4.69) is 15.0 Å². The first-order valence-corrected chi connectivity index (χ1v) is 6.28. The molecule has 1 unspecified atom stereocenters. The van der Waals surface area contributed by atoms with Gasteiger partial charge in [0.1, 0.15) is 12.0 Å². The molecule has 18 heavy (non-hydrogen) atoms. The highest BCUT2D eigenvalue weighted by Crippen LogP contribution is 2.16. The number of carbonyl (C=O) groups is 1. The molecule has 5 nitrogen and oxygen atoms in total. The number of likely N-dealkylation sites (tertiary alicyclic amines) is 1. The van der Waals surface area contributed by atoms with Crippen LogP contribution in [-0.2, 0) is 11.3 Å². The molecule has 1 aliphatic heterocycles. The molecule has 0 aliphatic carbocycles. The number of esters is 1. The van der Waals surface area contributed by atoms with Gasteiger partial charge in [0, 0.05) is 12.6 Å². The number of nitrogens with one attached hydrogen (secondary N) is 1. The quantitative estimate of drug-likeness (QED) is 0.817. The minimum atomic E-state index is -0.350. The largest absolute Gasteiger partial charge is 0.467 e. The molecule has 0 aromatic carbocycles. The molecular formula is C13H20N2O3. The predicted molar refractivity (Wildman–Crippen MR) is 67.4 cm³/mol. The van der Waals surface area contributed by atoms with Gasteiger partial charge in [-0.25, -0.2) is 4.79 Å². The average Bonchev–Trinajstić information content (AvgIpc) is 2.86. The van der Waals surface area contributed by atoms with E-state index in [9.17, 15) is 4.79 Å². The van der Waals surface area contributed by atoms with Gasteiger partial charge in [-0.1, -0.05) is 0 Å². The second-order valence-electron chi connectivity index (χ2n) is 4.66. The van der Waals surface area contributed by atoms with Crippen molar-refractivity contribution >= 4 is 5.97 Å². The van der Waals surface area contributed by atoms with Gasteiger partial charge < -0.3 is 14.5 Å². The Morgan fingerprint density at radius 2 is 2.50 bits per heavy atom. The highest BCUT2D eigenvalue weighted by molar-refractivity contribution is 5.88. The monoisotopic (exact) mass is 252 g/mol. The third-order valence-corrected chi connectivity index (χ3v) is 3.37. The molecule has 0 saturated carbocycles. The maximum atomic E-state index is 11.3. The molecule has 1 aromatic rings. The van der Waals surface area contributed by atoms with Gasteiger partial charge in [0.15, 0.2) is 0 Å². The number of carbonyl (C=O) groups excluding carboxylic acids is 1. The Balaban J connectivity index is 1.92. The third kappa shape index (κ3) is 3.11. The van der Waals surface area contributed by atoms with Crippen molar-refractivity contribution in [3.8, 4) is 0 Å². The highest BCUT2D eigenvalue weighted by Gasteiger charge is 2.20. The second-order valence-corrected chi connectivity index (χ2v) is 4.66. The van der Waals surface area contributed by atoms with Crippen molar-refractivity contribution in [2.45, 2.75) is 25.4 Å². The van der Waals surface area contributed by atoms with Gasteiger partial charge in [0.2, 0.25) is 0 Å². The highest BCUT2D eigenvalue weighted by atomic mass is 16.5. The summed E-state index contributed by atoms with van der Waals surface area (Å²) in [5.41, 5.74) is 0.481. The Kier molecular flexibility index (Phi) is 4.38. The van der Waals surface area contributed by atoms with Crippen molar-refractivity contribution in [1.82, 2.24) is 10.2 Å². The van der Waals surface area contributed by atoms with E-state index in [4.69, 9.17) is 4.42 Å². The summed E-state index contributed by atoms with van der Waals surface area (Å²) < 4.78 is 10.0. The fraction of sp³-hybridized carbons (Fsp3) is 0.615. The SMILES string of the molecule is CNC1CCCN(Cc2cc(C(=O)OC)co2)C1. The van der Waals surface area contributed by atoms with Gasteiger partial charge in [-0.15, -0.1) is 0 Å². The maximum Gasteiger partial charge on any atom is 0.341 e. The minimum absolute atomic E-state index is 0.350. The predicted octanol–water partition coefficient (Wildman–Crippen LogP) is 1.25. The van der Waals surface area contributed by atoms with E-state index >= 15 is 0 Å². The van der Waals surface area contributed by atoms with Crippen molar-refractivity contribution in [3.63, 3.8) is 0 Å². The first-order valence-electron chi connectivity index (χ1n) is 6.28. The molecule has 1 aromatic heterocycles. The van der Waals surface area contributed by atoms with Crippen LogP contribution in [0.2, 0.25) is 0 Å². The van der Waals surface area contributed by atoms with E-state index in [0.29, 0.717) is 11.6 Å². The third-order valence-electron chi connectivity index (χ3n) is 3.37. The van der Waals surface area contributed by atoms with Crippen LogP contribution in [0.25, 0.3) is 0 Å². The number of hydrogen-bond acceptors (Lipinski definition) is 5. The zero-order valence-corrected chi connectivity index (χ0v) is 10.9. The van der Waals surface area contributed by atoms with Gasteiger partial charge in [-0.3, -0.25) is 4.90 Å². The zero-order valence-electron chi connectivity index (χ0n) is 10.9. The molecule has 2 heterocycles. The van der Waals surface area contributed by atoms with Crippen LogP contribution >= 0.6 is 0 Å². The summed E-state index contributed by atoms with van der Waals surface area (Å²) >= 11 is 0. The van der Waals surface area contributed by atoms with Crippen LogP contribution in [0.15, 0.2) is 16.7 Å². The lowest BCUT2D eigenvalue weighted by Gasteiger charge is -2.31. The van der Waals surface area contributed by atoms with Crippen LogP contribution < -0.4 is 5.32 Å². The van der Waals surface area contributed by atoms with Crippen LogP contribution in [0.4, 0.5) is 0 Å². The van der Waals surface area contributed by atoms with Gasteiger partial charge in [-0.2, -0.15) is 0 Å². The molecule has 1 N–H and O–H groups in total. The second kappa shape index (κ2) is 6.02. The number of hydrogen-bond donors (Lipinski definition) is 1. The van der Waals surface area contributed by atoms with Crippen LogP contribution in [0.1, 0.15) is 29.0 Å². The summed E-state index contributed by atoms with van der Waals surface area (Å²) in [4.78, 5) is 13.6. The number of methoxy groups -OCH3 is 1. The number of likely N-dealkylation sites (N-methyl/N-ethyl adjacent to an activating group) is 1. The van der Waals surface area contributed by atoms with Gasteiger partial charge >= 0.3 is 5.97 Å². The molecule has 5 heteroatoms. The van der Waals surface area contributed by atoms with Crippen LogP contribution in [0.5, 0.6) is 0 Å². The standard InChI is InChI=1S/C13H20N2O3/c1-14-11-4-3-5-15(7-11)8-12-6-10(9-18-12)13(16)17-2/h6,9,11,14H,3-5,7-8H2,1-2H3. The lowest BCUT2D eigenvalue weighted by Crippen LogP contribution is -2.43. The zero-order chi connectivity index (χ0) is 13.0. The summed E-state index contributed by atoms with van der Waals surface area (Å²) in [7, 11) is 3.37. The lowest BCUT2D eigenvalue weighted by molar-refractivity contribution is 0.0600. The Morgan fingerprint density at radius 3 is 3.22 bits per heavy atom. The fourth-order valence-corrected chi connectivity index (χ4v) is 2.34. The normalized spacial score (nSPS) is 20.9. The Hall–Kier alpha value is -1.33. The van der Waals surface area contributed by atoms with E-state index in [1.807, 2.05) is 7.05 Å². The van der Waals surface area contributed by atoms with Crippen LogP contribution in [0.3, 0.4) is 0 Å². The first-order chi connectivity index (χ1) is 8.72. The number of nitrogens with zero attached hydrogens (tertiary/aromatic N) is 1. The summed E-state index contributed by atoms with van der Waals surface area (Å²) in [6.45, 7) is 2.84. The topological polar surface area (TPSA) is 54.7 Å². The summed E-state index contributed by atoms with van der Waals surface area (Å²) in [6, 6.07) is 2.31. The van der Waals surface area contributed by atoms with E-state index in [1.165, 1.54) is 26.2 Å². The van der Waals surface area contributed by atoms with E-state index in [-0.39, 0.29) is 5.97 Å². The van der Waals surface area contributed by atoms with E-state index in [1.54, 1.807) is 6.07 Å². The van der Waals surface area contributed by atoms with E-state index in [0.717, 1.165) is 25.4 Å². The molecule has 1 fully saturated rings. The molecule has 1 aliphatic rings. The smallest absolute Gasteiger partial charge is 0.341 e. The number of piperidine rings is 1. The van der Waals surface area contributed by atoms with Crippen molar-refractivity contribution in [1.29, 1.82) is 0 Å². The molecule has 0 radical (unpaired) electrons. The Bertz CT molecular complexity index is 403. The molecular weight excluding hydrogens is 232 g/mol. The lowest BCUT2D eigenvalue weighted by atomic mass is 10.1. The molecule has 100 valence electrons. The molecule has 0 amide bonds. The van der Waals surface area contributed by atoms with Crippen molar-refractivity contribution in [2.24, 2.45) is 0 Å². The van der Waals surface area contributed by atoms with E-state index < -0.39 is 0 Å². The maximum absolute atomic E-state index is 11.3.